The molecule has 1 aliphatic rings. The summed E-state index contributed by atoms with van der Waals surface area (Å²) in [4.78, 5) is 24.5. The van der Waals surface area contributed by atoms with Gasteiger partial charge in [0.05, 0.1) is 26.2 Å². The smallest absolute Gasteiger partial charge is 0.334 e. The predicted molar refractivity (Wildman–Crippen MR) is 80.0 cm³/mol. The lowest BCUT2D eigenvalue weighted by Crippen LogP contribution is -2.48. The average Bonchev–Trinajstić information content (AvgIpc) is 2.51. The van der Waals surface area contributed by atoms with Gasteiger partial charge in [0.25, 0.3) is 0 Å². The topological polar surface area (TPSA) is 76.1 Å². The van der Waals surface area contributed by atoms with Crippen molar-refractivity contribution in [2.75, 3.05) is 26.3 Å². The molecule has 1 N–H and O–H groups in total. The van der Waals surface area contributed by atoms with Gasteiger partial charge in [-0.25, -0.2) is 4.79 Å². The number of carboxylic acids is 1. The zero-order chi connectivity index (χ0) is 16.1. The molecule has 6 heteroatoms. The Kier molecular flexibility index (Phi) is 5.38. The second-order valence-electron chi connectivity index (χ2n) is 5.38. The standard InChI is InChI=1S/C16H21NO5/c1-11-3-4-13(9-12(11)2)21-7-5-15(18)17-6-8-22-14(10-17)16(19)20/h3-4,9,14H,5-8,10H2,1-2H3,(H,19,20)/t14-/m1/s1. The maximum atomic E-state index is 12.1. The highest BCUT2D eigenvalue weighted by Gasteiger charge is 2.28. The molecule has 22 heavy (non-hydrogen) atoms. The van der Waals surface area contributed by atoms with Crippen LogP contribution >= 0.6 is 0 Å². The molecule has 1 atom stereocenters. The largest absolute Gasteiger partial charge is 0.493 e. The number of ether oxygens (including phenoxy) is 2. The Morgan fingerprint density at radius 2 is 2.14 bits per heavy atom. The Morgan fingerprint density at radius 3 is 2.82 bits per heavy atom. The third-order valence-corrected chi connectivity index (χ3v) is 3.76. The van der Waals surface area contributed by atoms with Crippen LogP contribution in [-0.4, -0.2) is 54.3 Å². The number of hydrogen-bond acceptors (Lipinski definition) is 4. The van der Waals surface area contributed by atoms with Crippen molar-refractivity contribution in [2.45, 2.75) is 26.4 Å². The Morgan fingerprint density at radius 1 is 1.36 bits per heavy atom. The van der Waals surface area contributed by atoms with Crippen LogP contribution in [0, 0.1) is 13.8 Å². The summed E-state index contributed by atoms with van der Waals surface area (Å²) in [5, 5.41) is 8.92. The zero-order valence-corrected chi connectivity index (χ0v) is 12.9. The number of carbonyl (C=O) groups excluding carboxylic acids is 1. The predicted octanol–water partition coefficient (Wildman–Crippen LogP) is 1.38. The van der Waals surface area contributed by atoms with E-state index in [0.717, 1.165) is 11.3 Å². The van der Waals surface area contributed by atoms with Gasteiger partial charge in [-0.05, 0) is 37.1 Å². The molecular formula is C16H21NO5. The van der Waals surface area contributed by atoms with Gasteiger partial charge in [-0.3, -0.25) is 4.79 Å². The molecule has 0 spiro atoms. The molecule has 0 aliphatic carbocycles. The highest BCUT2D eigenvalue weighted by atomic mass is 16.5. The number of aryl methyl sites for hydroxylation is 2. The molecule has 1 amide bonds. The Hall–Kier alpha value is -2.08. The first-order valence-electron chi connectivity index (χ1n) is 7.29. The zero-order valence-electron chi connectivity index (χ0n) is 12.9. The fraction of sp³-hybridized carbons (Fsp3) is 0.500. The van der Waals surface area contributed by atoms with E-state index in [9.17, 15) is 9.59 Å². The quantitative estimate of drug-likeness (QED) is 0.889. The maximum Gasteiger partial charge on any atom is 0.334 e. The average molecular weight is 307 g/mol. The lowest BCUT2D eigenvalue weighted by molar-refractivity contribution is -0.159. The number of amides is 1. The van der Waals surface area contributed by atoms with Gasteiger partial charge in [-0.2, -0.15) is 0 Å². The third kappa shape index (κ3) is 4.21. The van der Waals surface area contributed by atoms with Crippen LogP contribution in [0.4, 0.5) is 0 Å². The Labute approximate surface area is 129 Å². The highest BCUT2D eigenvalue weighted by molar-refractivity contribution is 5.78. The van der Waals surface area contributed by atoms with E-state index < -0.39 is 12.1 Å². The van der Waals surface area contributed by atoms with Gasteiger partial charge >= 0.3 is 5.97 Å². The van der Waals surface area contributed by atoms with Crippen LogP contribution < -0.4 is 4.74 Å². The number of morpholine rings is 1. The summed E-state index contributed by atoms with van der Waals surface area (Å²) >= 11 is 0. The normalized spacial score (nSPS) is 18.1. The summed E-state index contributed by atoms with van der Waals surface area (Å²) in [5.74, 6) is -0.413. The number of benzene rings is 1. The number of rotatable bonds is 5. The van der Waals surface area contributed by atoms with Gasteiger partial charge in [-0.15, -0.1) is 0 Å². The molecule has 1 aromatic carbocycles. The van der Waals surface area contributed by atoms with Crippen LogP contribution in [-0.2, 0) is 14.3 Å². The lowest BCUT2D eigenvalue weighted by Gasteiger charge is -2.30. The van der Waals surface area contributed by atoms with Crippen LogP contribution in [0.3, 0.4) is 0 Å². The molecule has 6 nitrogen and oxygen atoms in total. The van der Waals surface area contributed by atoms with E-state index in [1.54, 1.807) is 0 Å². The van der Waals surface area contributed by atoms with E-state index in [0.29, 0.717) is 6.54 Å². The van der Waals surface area contributed by atoms with Crippen molar-refractivity contribution >= 4 is 11.9 Å². The minimum absolute atomic E-state index is 0.0950. The molecule has 1 aromatic rings. The highest BCUT2D eigenvalue weighted by Crippen LogP contribution is 2.16. The van der Waals surface area contributed by atoms with Gasteiger partial charge in [0.15, 0.2) is 6.10 Å². The van der Waals surface area contributed by atoms with Crippen molar-refractivity contribution in [2.24, 2.45) is 0 Å². The second-order valence-corrected chi connectivity index (χ2v) is 5.38. The van der Waals surface area contributed by atoms with Gasteiger partial charge in [0, 0.05) is 6.54 Å². The number of carbonyl (C=O) groups is 2. The fourth-order valence-corrected chi connectivity index (χ4v) is 2.24. The van der Waals surface area contributed by atoms with Gasteiger partial charge in [0.2, 0.25) is 5.91 Å². The Bertz CT molecular complexity index is 557. The molecule has 1 aliphatic heterocycles. The van der Waals surface area contributed by atoms with Crippen molar-refractivity contribution < 1.29 is 24.2 Å². The molecule has 0 bridgehead atoms. The van der Waals surface area contributed by atoms with E-state index in [4.69, 9.17) is 14.6 Å². The summed E-state index contributed by atoms with van der Waals surface area (Å²) in [6.07, 6.45) is -0.711. The monoisotopic (exact) mass is 307 g/mol. The van der Waals surface area contributed by atoms with E-state index in [1.165, 1.54) is 10.5 Å². The van der Waals surface area contributed by atoms with Crippen LogP contribution in [0.1, 0.15) is 17.5 Å². The van der Waals surface area contributed by atoms with Gasteiger partial charge in [-0.1, -0.05) is 6.07 Å². The van der Waals surface area contributed by atoms with Crippen LogP contribution in [0.2, 0.25) is 0 Å². The first-order valence-corrected chi connectivity index (χ1v) is 7.29. The summed E-state index contributed by atoms with van der Waals surface area (Å²) in [6, 6.07) is 5.79. The summed E-state index contributed by atoms with van der Waals surface area (Å²) in [6.45, 7) is 5.08. The summed E-state index contributed by atoms with van der Waals surface area (Å²) < 4.78 is 10.7. The molecule has 1 heterocycles. The summed E-state index contributed by atoms with van der Waals surface area (Å²) in [5.41, 5.74) is 2.33. The van der Waals surface area contributed by atoms with Crippen molar-refractivity contribution in [3.8, 4) is 5.75 Å². The van der Waals surface area contributed by atoms with Gasteiger partial charge < -0.3 is 19.5 Å². The molecule has 1 fully saturated rings. The van der Waals surface area contributed by atoms with Gasteiger partial charge in [0.1, 0.15) is 5.75 Å². The Balaban J connectivity index is 1.79. The van der Waals surface area contributed by atoms with Crippen molar-refractivity contribution in [3.63, 3.8) is 0 Å². The third-order valence-electron chi connectivity index (χ3n) is 3.76. The lowest BCUT2D eigenvalue weighted by atomic mass is 10.1. The molecular weight excluding hydrogens is 286 g/mol. The molecule has 0 saturated carbocycles. The minimum atomic E-state index is -1.04. The molecule has 120 valence electrons. The van der Waals surface area contributed by atoms with Crippen LogP contribution in [0.25, 0.3) is 0 Å². The molecule has 2 rings (SSSR count). The molecule has 0 unspecified atom stereocenters. The first kappa shape index (κ1) is 16.3. The summed E-state index contributed by atoms with van der Waals surface area (Å²) in [7, 11) is 0. The van der Waals surface area contributed by atoms with Crippen molar-refractivity contribution in [3.05, 3.63) is 29.3 Å². The van der Waals surface area contributed by atoms with Crippen LogP contribution in [0.5, 0.6) is 5.75 Å². The number of hydrogen-bond donors (Lipinski definition) is 1. The molecule has 0 radical (unpaired) electrons. The van der Waals surface area contributed by atoms with Crippen LogP contribution in [0.15, 0.2) is 18.2 Å². The van der Waals surface area contributed by atoms with Crippen molar-refractivity contribution in [1.29, 1.82) is 0 Å². The molecule has 1 saturated heterocycles. The second kappa shape index (κ2) is 7.26. The number of nitrogens with zero attached hydrogens (tertiary/aromatic N) is 1. The maximum absolute atomic E-state index is 12.1. The number of carboxylic acid groups (broad SMARTS) is 1. The minimum Gasteiger partial charge on any atom is -0.493 e. The molecule has 0 aromatic heterocycles. The first-order chi connectivity index (χ1) is 10.5. The fourth-order valence-electron chi connectivity index (χ4n) is 2.24. The van der Waals surface area contributed by atoms with E-state index >= 15 is 0 Å². The van der Waals surface area contributed by atoms with Crippen molar-refractivity contribution in [1.82, 2.24) is 4.90 Å². The van der Waals surface area contributed by atoms with E-state index in [-0.39, 0.29) is 32.1 Å². The number of aliphatic carboxylic acids is 1. The van der Waals surface area contributed by atoms with E-state index in [2.05, 4.69) is 0 Å². The SMILES string of the molecule is Cc1ccc(OCCC(=O)N2CCO[C@@H](C(=O)O)C2)cc1C. The van der Waals surface area contributed by atoms with E-state index in [1.807, 2.05) is 32.0 Å².